The monoisotopic (exact) mass is 305 g/mol. The second-order valence-corrected chi connectivity index (χ2v) is 5.92. The zero-order chi connectivity index (χ0) is 15.4. The highest BCUT2D eigenvalue weighted by molar-refractivity contribution is 5.79. The van der Waals surface area contributed by atoms with Gasteiger partial charge in [-0.1, -0.05) is 12.1 Å². The maximum absolute atomic E-state index is 12.9. The van der Waals surface area contributed by atoms with Crippen molar-refractivity contribution in [1.82, 2.24) is 20.4 Å². The van der Waals surface area contributed by atoms with Crippen LogP contribution in [0.15, 0.2) is 29.3 Å². The lowest BCUT2D eigenvalue weighted by Gasteiger charge is -2.47. The van der Waals surface area contributed by atoms with E-state index >= 15 is 0 Å². The maximum atomic E-state index is 12.9. The van der Waals surface area contributed by atoms with Crippen LogP contribution in [0.2, 0.25) is 0 Å². The van der Waals surface area contributed by atoms with Gasteiger partial charge >= 0.3 is 0 Å². The largest absolute Gasteiger partial charge is 0.355 e. The number of halogens is 1. The molecule has 3 saturated heterocycles. The van der Waals surface area contributed by atoms with E-state index in [1.807, 2.05) is 0 Å². The van der Waals surface area contributed by atoms with Crippen molar-refractivity contribution >= 4 is 5.96 Å². The molecule has 0 saturated carbocycles. The molecule has 6 heteroatoms. The van der Waals surface area contributed by atoms with Gasteiger partial charge in [0.05, 0.1) is 0 Å². The first-order valence-electron chi connectivity index (χ1n) is 7.90. The summed E-state index contributed by atoms with van der Waals surface area (Å²) in [4.78, 5) is 9.34. The van der Waals surface area contributed by atoms with Crippen molar-refractivity contribution in [2.75, 3.05) is 46.3 Å². The van der Waals surface area contributed by atoms with E-state index in [9.17, 15) is 4.39 Å². The van der Waals surface area contributed by atoms with Gasteiger partial charge in [-0.25, -0.2) is 4.39 Å². The van der Waals surface area contributed by atoms with Gasteiger partial charge in [0.25, 0.3) is 0 Å². The summed E-state index contributed by atoms with van der Waals surface area (Å²) in [5.41, 5.74) is 1.04. The fraction of sp³-hybridized carbons (Fsp3) is 0.562. The normalized spacial score (nSPS) is 27.7. The molecule has 0 aliphatic carbocycles. The van der Waals surface area contributed by atoms with Crippen LogP contribution >= 0.6 is 0 Å². The molecule has 3 aliphatic rings. The minimum Gasteiger partial charge on any atom is -0.355 e. The second kappa shape index (κ2) is 7.07. The summed E-state index contributed by atoms with van der Waals surface area (Å²) in [6.45, 7) is 7.44. The Morgan fingerprint density at radius 1 is 1.18 bits per heavy atom. The molecule has 3 aliphatic heterocycles. The Hall–Kier alpha value is -1.66. The second-order valence-electron chi connectivity index (χ2n) is 5.92. The molecule has 120 valence electrons. The molecule has 0 spiro atoms. The molecule has 0 radical (unpaired) electrons. The standard InChI is InChI=1S/C16H24FN5/c1-18-16(19-10-13-2-4-14(17)5-3-13)20-11-15-12-21-6-8-22(15)9-7-21/h2-5,15H,6-12H2,1H3,(H2,18,19,20). The number of hydrogen-bond donors (Lipinski definition) is 2. The molecule has 1 atom stereocenters. The SMILES string of the molecule is CN=C(NCc1ccc(F)cc1)NCC1CN2CCN1CC2. The van der Waals surface area contributed by atoms with E-state index in [4.69, 9.17) is 0 Å². The minimum absolute atomic E-state index is 0.206. The number of guanidine groups is 1. The van der Waals surface area contributed by atoms with Gasteiger partial charge in [0.15, 0.2) is 5.96 Å². The van der Waals surface area contributed by atoms with Gasteiger partial charge in [0, 0.05) is 58.9 Å². The van der Waals surface area contributed by atoms with E-state index in [1.54, 1.807) is 19.2 Å². The van der Waals surface area contributed by atoms with Crippen molar-refractivity contribution in [3.63, 3.8) is 0 Å². The third-order valence-electron chi connectivity index (χ3n) is 4.49. The third kappa shape index (κ3) is 3.75. The number of rotatable bonds is 4. The lowest BCUT2D eigenvalue weighted by atomic mass is 10.1. The Kier molecular flexibility index (Phi) is 4.90. The summed E-state index contributed by atoms with van der Waals surface area (Å²) >= 11 is 0. The van der Waals surface area contributed by atoms with Crippen molar-refractivity contribution in [3.05, 3.63) is 35.6 Å². The molecule has 5 nitrogen and oxygen atoms in total. The van der Waals surface area contributed by atoms with Crippen LogP contribution in [-0.4, -0.2) is 68.1 Å². The molecule has 1 aromatic carbocycles. The summed E-state index contributed by atoms with van der Waals surface area (Å²) < 4.78 is 12.9. The van der Waals surface area contributed by atoms with Crippen LogP contribution in [0.1, 0.15) is 5.56 Å². The smallest absolute Gasteiger partial charge is 0.191 e. The van der Waals surface area contributed by atoms with Crippen molar-refractivity contribution < 1.29 is 4.39 Å². The van der Waals surface area contributed by atoms with Gasteiger partial charge in [0.1, 0.15) is 5.82 Å². The van der Waals surface area contributed by atoms with Crippen LogP contribution in [0.25, 0.3) is 0 Å². The van der Waals surface area contributed by atoms with Crippen molar-refractivity contribution in [2.45, 2.75) is 12.6 Å². The summed E-state index contributed by atoms with van der Waals surface area (Å²) in [7, 11) is 1.77. The lowest BCUT2D eigenvalue weighted by molar-refractivity contribution is 0.0154. The van der Waals surface area contributed by atoms with Crippen LogP contribution in [0, 0.1) is 5.82 Å². The number of aliphatic imine (C=N–C) groups is 1. The summed E-state index contributed by atoms with van der Waals surface area (Å²) in [6, 6.07) is 7.09. The van der Waals surface area contributed by atoms with E-state index in [1.165, 1.54) is 38.3 Å². The quantitative estimate of drug-likeness (QED) is 0.628. The molecule has 2 N–H and O–H groups in total. The van der Waals surface area contributed by atoms with Gasteiger partial charge in [-0.15, -0.1) is 0 Å². The predicted molar refractivity (Wildman–Crippen MR) is 86.4 cm³/mol. The van der Waals surface area contributed by atoms with E-state index < -0.39 is 0 Å². The Labute approximate surface area is 131 Å². The summed E-state index contributed by atoms with van der Waals surface area (Å²) in [5, 5.41) is 6.68. The van der Waals surface area contributed by atoms with Gasteiger partial charge in [0.2, 0.25) is 0 Å². The molecule has 3 fully saturated rings. The summed E-state index contributed by atoms with van der Waals surface area (Å²) in [5.74, 6) is 0.588. The zero-order valence-electron chi connectivity index (χ0n) is 13.1. The fourth-order valence-corrected chi connectivity index (χ4v) is 3.14. The Balaban J connectivity index is 1.45. The van der Waals surface area contributed by atoms with Crippen LogP contribution in [0.5, 0.6) is 0 Å². The molecule has 22 heavy (non-hydrogen) atoms. The highest BCUT2D eigenvalue weighted by Crippen LogP contribution is 2.14. The summed E-state index contributed by atoms with van der Waals surface area (Å²) in [6.07, 6.45) is 0. The number of nitrogens with one attached hydrogen (secondary N) is 2. The number of piperazine rings is 3. The average Bonchev–Trinajstić information content (AvgIpc) is 2.58. The first-order valence-corrected chi connectivity index (χ1v) is 7.90. The van der Waals surface area contributed by atoms with Gasteiger partial charge in [-0.3, -0.25) is 14.8 Å². The minimum atomic E-state index is -0.206. The molecule has 1 aromatic rings. The Morgan fingerprint density at radius 2 is 1.91 bits per heavy atom. The van der Waals surface area contributed by atoms with Gasteiger partial charge in [-0.05, 0) is 17.7 Å². The maximum Gasteiger partial charge on any atom is 0.191 e. The molecular formula is C16H24FN5. The predicted octanol–water partition coefficient (Wildman–Crippen LogP) is 0.491. The van der Waals surface area contributed by atoms with Crippen LogP contribution in [0.4, 0.5) is 4.39 Å². The molecule has 2 bridgehead atoms. The number of hydrogen-bond acceptors (Lipinski definition) is 3. The van der Waals surface area contributed by atoms with E-state index in [-0.39, 0.29) is 5.82 Å². The molecule has 3 heterocycles. The zero-order valence-corrected chi connectivity index (χ0v) is 13.1. The fourth-order valence-electron chi connectivity index (χ4n) is 3.14. The Morgan fingerprint density at radius 3 is 2.50 bits per heavy atom. The highest BCUT2D eigenvalue weighted by Gasteiger charge is 2.31. The van der Waals surface area contributed by atoms with Crippen molar-refractivity contribution in [3.8, 4) is 0 Å². The van der Waals surface area contributed by atoms with Gasteiger partial charge in [-0.2, -0.15) is 0 Å². The number of fused-ring (bicyclic) bond motifs is 3. The molecule has 4 rings (SSSR count). The van der Waals surface area contributed by atoms with E-state index in [0.717, 1.165) is 24.6 Å². The van der Waals surface area contributed by atoms with Crippen molar-refractivity contribution in [1.29, 1.82) is 0 Å². The molecule has 0 amide bonds. The van der Waals surface area contributed by atoms with Crippen LogP contribution < -0.4 is 10.6 Å². The molecular weight excluding hydrogens is 281 g/mol. The van der Waals surface area contributed by atoms with Gasteiger partial charge < -0.3 is 10.6 Å². The third-order valence-corrected chi connectivity index (χ3v) is 4.49. The van der Waals surface area contributed by atoms with Crippen molar-refractivity contribution in [2.24, 2.45) is 4.99 Å². The lowest BCUT2D eigenvalue weighted by Crippen LogP contribution is -2.63. The average molecular weight is 305 g/mol. The van der Waals surface area contributed by atoms with Crippen LogP contribution in [0.3, 0.4) is 0 Å². The molecule has 0 aromatic heterocycles. The van der Waals surface area contributed by atoms with E-state index in [0.29, 0.717) is 12.6 Å². The number of nitrogens with zero attached hydrogens (tertiary/aromatic N) is 3. The topological polar surface area (TPSA) is 42.9 Å². The number of benzene rings is 1. The first-order chi connectivity index (χ1) is 10.7. The van der Waals surface area contributed by atoms with Crippen LogP contribution in [-0.2, 0) is 6.54 Å². The Bertz CT molecular complexity index is 508. The highest BCUT2D eigenvalue weighted by atomic mass is 19.1. The molecule has 1 unspecified atom stereocenters. The first kappa shape index (κ1) is 15.2. The van der Waals surface area contributed by atoms with E-state index in [2.05, 4.69) is 25.4 Å².